The molecule has 1 aromatic heterocycles. The molecule has 0 radical (unpaired) electrons. The van der Waals surface area contributed by atoms with E-state index in [0.29, 0.717) is 24.5 Å². The largest absolute Gasteiger partial charge is 0.493 e. The fourth-order valence-corrected chi connectivity index (χ4v) is 4.50. The lowest BCUT2D eigenvalue weighted by Crippen LogP contribution is -2.46. The van der Waals surface area contributed by atoms with Crippen LogP contribution in [0.25, 0.3) is 0 Å². The van der Waals surface area contributed by atoms with Crippen LogP contribution in [0.4, 0.5) is 0 Å². The third-order valence-corrected chi connectivity index (χ3v) is 6.28. The number of nitrogens with zero attached hydrogens (tertiary/aromatic N) is 2. The molecule has 0 spiro atoms. The average Bonchev–Trinajstić information content (AvgIpc) is 3.03. The highest BCUT2D eigenvalue weighted by atomic mass is 32.2. The van der Waals surface area contributed by atoms with E-state index in [1.54, 1.807) is 27.3 Å². The number of ether oxygens (including phenoxy) is 2. The van der Waals surface area contributed by atoms with Crippen molar-refractivity contribution in [3.8, 4) is 11.5 Å². The molecule has 0 saturated carbocycles. The normalized spacial score (nSPS) is 12.5. The lowest BCUT2D eigenvalue weighted by atomic mass is 10.1. The average molecular weight is 426 g/mol. The Hall–Kier alpha value is -2.59. The molecule has 0 aliphatic heterocycles. The van der Waals surface area contributed by atoms with E-state index >= 15 is 0 Å². The SMILES string of the molecule is COc1ccc(CCN(C)C(=O)[C@H](C)NS(=O)(=O)c2c(C)noc2C)cc1OC. The van der Waals surface area contributed by atoms with Crippen molar-refractivity contribution in [3.63, 3.8) is 0 Å². The molecule has 10 heteroatoms. The van der Waals surface area contributed by atoms with Crippen molar-refractivity contribution in [2.24, 2.45) is 0 Å². The van der Waals surface area contributed by atoms with Crippen LogP contribution in [0, 0.1) is 13.8 Å². The summed E-state index contributed by atoms with van der Waals surface area (Å²) in [5.74, 6) is 1.07. The summed E-state index contributed by atoms with van der Waals surface area (Å²) in [4.78, 5) is 14.1. The van der Waals surface area contributed by atoms with Crippen LogP contribution in [-0.2, 0) is 21.2 Å². The van der Waals surface area contributed by atoms with Crippen LogP contribution in [0.5, 0.6) is 11.5 Å². The number of carbonyl (C=O) groups is 1. The maximum Gasteiger partial charge on any atom is 0.246 e. The van der Waals surface area contributed by atoms with Gasteiger partial charge in [0.05, 0.1) is 20.3 Å². The second kappa shape index (κ2) is 9.27. The van der Waals surface area contributed by atoms with Crippen molar-refractivity contribution >= 4 is 15.9 Å². The van der Waals surface area contributed by atoms with Gasteiger partial charge in [-0.3, -0.25) is 4.79 Å². The molecule has 2 rings (SSSR count). The Bertz CT molecular complexity index is 951. The molecule has 1 heterocycles. The molecule has 1 amide bonds. The van der Waals surface area contributed by atoms with Crippen molar-refractivity contribution in [2.75, 3.05) is 27.8 Å². The predicted molar refractivity (Wildman–Crippen MR) is 107 cm³/mol. The molecule has 9 nitrogen and oxygen atoms in total. The van der Waals surface area contributed by atoms with E-state index in [1.165, 1.54) is 25.7 Å². The molecular formula is C19H27N3O6S. The second-order valence-electron chi connectivity index (χ2n) is 6.70. The first-order valence-corrected chi connectivity index (χ1v) is 10.5. The zero-order valence-corrected chi connectivity index (χ0v) is 18.3. The molecule has 0 fully saturated rings. The smallest absolute Gasteiger partial charge is 0.246 e. The van der Waals surface area contributed by atoms with Crippen LogP contribution in [0.1, 0.15) is 23.9 Å². The molecule has 1 N–H and O–H groups in total. The summed E-state index contributed by atoms with van der Waals surface area (Å²) >= 11 is 0. The van der Waals surface area contributed by atoms with Gasteiger partial charge in [0.2, 0.25) is 15.9 Å². The van der Waals surface area contributed by atoms with E-state index in [0.717, 1.165) is 5.56 Å². The lowest BCUT2D eigenvalue weighted by molar-refractivity contribution is -0.131. The summed E-state index contributed by atoms with van der Waals surface area (Å²) in [6.45, 7) is 4.96. The number of nitrogens with one attached hydrogen (secondary N) is 1. The van der Waals surface area contributed by atoms with Gasteiger partial charge in [-0.25, -0.2) is 8.42 Å². The molecule has 1 atom stereocenters. The van der Waals surface area contributed by atoms with Gasteiger partial charge in [0.1, 0.15) is 10.6 Å². The van der Waals surface area contributed by atoms with E-state index in [2.05, 4.69) is 9.88 Å². The van der Waals surface area contributed by atoms with Gasteiger partial charge in [-0.1, -0.05) is 11.2 Å². The number of methoxy groups -OCH3 is 2. The Morgan fingerprint density at radius 2 is 1.90 bits per heavy atom. The van der Waals surface area contributed by atoms with Gasteiger partial charge >= 0.3 is 0 Å². The standard InChI is InChI=1S/C19H27N3O6S/c1-12-18(14(3)28-20-12)29(24,25)21-13(2)19(23)22(4)10-9-15-7-8-16(26-5)17(11-15)27-6/h7-8,11,13,21H,9-10H2,1-6H3/t13-/m0/s1. The van der Waals surface area contributed by atoms with Crippen LogP contribution in [0.3, 0.4) is 0 Å². The lowest BCUT2D eigenvalue weighted by Gasteiger charge is -2.22. The molecule has 0 bridgehead atoms. The number of benzene rings is 1. The van der Waals surface area contributed by atoms with Crippen molar-refractivity contribution in [1.82, 2.24) is 14.8 Å². The number of hydrogen-bond donors (Lipinski definition) is 1. The Morgan fingerprint density at radius 3 is 2.45 bits per heavy atom. The number of rotatable bonds is 9. The zero-order valence-electron chi connectivity index (χ0n) is 17.5. The minimum Gasteiger partial charge on any atom is -0.493 e. The second-order valence-corrected chi connectivity index (χ2v) is 8.35. The van der Waals surface area contributed by atoms with Crippen LogP contribution < -0.4 is 14.2 Å². The van der Waals surface area contributed by atoms with Crippen molar-refractivity contribution in [1.29, 1.82) is 0 Å². The predicted octanol–water partition coefficient (Wildman–Crippen LogP) is 1.68. The van der Waals surface area contributed by atoms with E-state index in [-0.39, 0.29) is 22.3 Å². The first-order chi connectivity index (χ1) is 13.6. The summed E-state index contributed by atoms with van der Waals surface area (Å²) in [5.41, 5.74) is 1.21. The molecule has 29 heavy (non-hydrogen) atoms. The van der Waals surface area contributed by atoms with Gasteiger partial charge < -0.3 is 18.9 Å². The monoisotopic (exact) mass is 425 g/mol. The fourth-order valence-electron chi connectivity index (χ4n) is 2.97. The van der Waals surface area contributed by atoms with Gasteiger partial charge in [-0.05, 0) is 44.9 Å². The number of sulfonamides is 1. The first kappa shape index (κ1) is 22.7. The maximum atomic E-state index is 12.6. The highest BCUT2D eigenvalue weighted by molar-refractivity contribution is 7.89. The van der Waals surface area contributed by atoms with Crippen LogP contribution in [0.2, 0.25) is 0 Å². The minimum absolute atomic E-state index is 0.0369. The number of amides is 1. The summed E-state index contributed by atoms with van der Waals surface area (Å²) < 4.78 is 43.0. The maximum absolute atomic E-state index is 12.6. The van der Waals surface area contributed by atoms with Crippen LogP contribution >= 0.6 is 0 Å². The van der Waals surface area contributed by atoms with Gasteiger partial charge in [0.15, 0.2) is 17.3 Å². The topological polar surface area (TPSA) is 111 Å². The summed E-state index contributed by atoms with van der Waals surface area (Å²) in [6, 6.07) is 4.60. The summed E-state index contributed by atoms with van der Waals surface area (Å²) in [6.07, 6.45) is 0.575. The van der Waals surface area contributed by atoms with Gasteiger partial charge in [-0.2, -0.15) is 4.72 Å². The number of likely N-dealkylation sites (N-methyl/N-ethyl adjacent to an activating group) is 1. The third kappa shape index (κ3) is 5.27. The molecule has 2 aromatic rings. The molecule has 0 aliphatic carbocycles. The van der Waals surface area contributed by atoms with Crippen LogP contribution in [0.15, 0.2) is 27.6 Å². The van der Waals surface area contributed by atoms with Gasteiger partial charge in [-0.15, -0.1) is 0 Å². The fraction of sp³-hybridized carbons (Fsp3) is 0.474. The van der Waals surface area contributed by atoms with E-state index in [1.807, 2.05) is 12.1 Å². The van der Waals surface area contributed by atoms with Crippen molar-refractivity contribution in [2.45, 2.75) is 38.1 Å². The summed E-state index contributed by atoms with van der Waals surface area (Å²) in [5, 5.41) is 3.65. The first-order valence-electron chi connectivity index (χ1n) is 9.01. The number of aryl methyl sites for hydroxylation is 2. The Morgan fingerprint density at radius 1 is 1.24 bits per heavy atom. The van der Waals surface area contributed by atoms with E-state index in [4.69, 9.17) is 14.0 Å². The third-order valence-electron chi connectivity index (χ3n) is 4.50. The molecule has 0 aliphatic rings. The number of hydrogen-bond acceptors (Lipinski definition) is 7. The van der Waals surface area contributed by atoms with Crippen LogP contribution in [-0.4, -0.2) is 58.2 Å². The molecule has 1 aromatic carbocycles. The Balaban J connectivity index is 2.01. The summed E-state index contributed by atoms with van der Waals surface area (Å²) in [7, 11) is 0.829. The Labute approximate surface area is 171 Å². The van der Waals surface area contributed by atoms with Crippen molar-refractivity contribution in [3.05, 3.63) is 35.2 Å². The van der Waals surface area contributed by atoms with E-state index in [9.17, 15) is 13.2 Å². The number of aromatic nitrogens is 1. The highest BCUT2D eigenvalue weighted by Gasteiger charge is 2.29. The van der Waals surface area contributed by atoms with E-state index < -0.39 is 16.1 Å². The quantitative estimate of drug-likeness (QED) is 0.651. The molecule has 160 valence electrons. The van der Waals surface area contributed by atoms with Crippen molar-refractivity contribution < 1.29 is 27.2 Å². The number of carbonyl (C=O) groups excluding carboxylic acids is 1. The molecular weight excluding hydrogens is 398 g/mol. The molecule has 0 saturated heterocycles. The Kier molecular flexibility index (Phi) is 7.26. The van der Waals surface area contributed by atoms with Gasteiger partial charge in [0, 0.05) is 13.6 Å². The highest BCUT2D eigenvalue weighted by Crippen LogP contribution is 2.27. The zero-order chi connectivity index (χ0) is 21.8. The van der Waals surface area contributed by atoms with Gasteiger partial charge in [0.25, 0.3) is 0 Å². The minimum atomic E-state index is -3.92. The molecule has 0 unspecified atom stereocenters.